The van der Waals surface area contributed by atoms with Gasteiger partial charge in [0.2, 0.25) is 0 Å². The van der Waals surface area contributed by atoms with Gasteiger partial charge in [-0.3, -0.25) is 4.57 Å². The molecular weight excluding hydrogens is 416 g/mol. The third-order valence-electron chi connectivity index (χ3n) is 5.21. The van der Waals surface area contributed by atoms with Crippen LogP contribution in [0.25, 0.3) is 17.1 Å². The van der Waals surface area contributed by atoms with E-state index in [-0.39, 0.29) is 5.25 Å². The standard InChI is InChI=1S/C26H24N4OS/c1-18-8-12-20(13-9-18)16-22(17-27)32-26-29-28-25(23-6-4-5-7-24(23)31-3)30(26)21-14-10-19(2)11-15-21/h4-15,22H,16H2,1-3H3. The van der Waals surface area contributed by atoms with Crippen LogP contribution in [0, 0.1) is 25.2 Å². The highest BCUT2D eigenvalue weighted by molar-refractivity contribution is 8.00. The average Bonchev–Trinajstić information content (AvgIpc) is 3.23. The number of benzene rings is 3. The van der Waals surface area contributed by atoms with Crippen LogP contribution in [0.15, 0.2) is 78.0 Å². The predicted molar refractivity (Wildman–Crippen MR) is 128 cm³/mol. The molecule has 0 aliphatic heterocycles. The number of thioether (sulfide) groups is 1. The molecule has 0 bridgehead atoms. The molecule has 0 spiro atoms. The Morgan fingerprint density at radius 2 is 1.59 bits per heavy atom. The Balaban J connectivity index is 1.74. The summed E-state index contributed by atoms with van der Waals surface area (Å²) in [7, 11) is 1.65. The molecule has 6 heteroatoms. The zero-order valence-electron chi connectivity index (χ0n) is 18.3. The topological polar surface area (TPSA) is 63.7 Å². The third-order valence-corrected chi connectivity index (χ3v) is 6.24. The van der Waals surface area contributed by atoms with E-state index in [0.717, 1.165) is 22.6 Å². The molecule has 0 aliphatic carbocycles. The minimum absolute atomic E-state index is 0.295. The molecule has 0 saturated carbocycles. The van der Waals surface area contributed by atoms with Crippen LogP contribution < -0.4 is 4.74 Å². The number of para-hydroxylation sites is 1. The van der Waals surface area contributed by atoms with E-state index in [1.807, 2.05) is 41.0 Å². The normalized spacial score (nSPS) is 11.7. The zero-order chi connectivity index (χ0) is 22.5. The molecule has 4 rings (SSSR count). The van der Waals surface area contributed by atoms with E-state index in [2.05, 4.69) is 66.5 Å². The summed E-state index contributed by atoms with van der Waals surface area (Å²) in [5.41, 5.74) is 5.29. The van der Waals surface area contributed by atoms with E-state index in [1.54, 1.807) is 7.11 Å². The van der Waals surface area contributed by atoms with Crippen LogP contribution in [0.4, 0.5) is 0 Å². The molecule has 5 nitrogen and oxygen atoms in total. The molecule has 1 atom stereocenters. The Hall–Kier alpha value is -3.56. The molecule has 4 aromatic rings. The Kier molecular flexibility index (Phi) is 6.58. The van der Waals surface area contributed by atoms with Crippen LogP contribution >= 0.6 is 11.8 Å². The Morgan fingerprint density at radius 3 is 2.25 bits per heavy atom. The minimum Gasteiger partial charge on any atom is -0.496 e. The number of nitriles is 1. The van der Waals surface area contributed by atoms with Gasteiger partial charge in [-0.15, -0.1) is 10.2 Å². The molecule has 0 fully saturated rings. The zero-order valence-corrected chi connectivity index (χ0v) is 19.1. The van der Waals surface area contributed by atoms with Crippen molar-refractivity contribution >= 4 is 11.8 Å². The summed E-state index contributed by atoms with van der Waals surface area (Å²) < 4.78 is 7.57. The van der Waals surface area contributed by atoms with Crippen molar-refractivity contribution < 1.29 is 4.74 Å². The largest absolute Gasteiger partial charge is 0.496 e. The number of methoxy groups -OCH3 is 1. The van der Waals surface area contributed by atoms with Crippen LogP contribution in [0.3, 0.4) is 0 Å². The van der Waals surface area contributed by atoms with E-state index in [9.17, 15) is 5.26 Å². The van der Waals surface area contributed by atoms with Gasteiger partial charge in [-0.2, -0.15) is 5.26 Å². The number of aromatic nitrogens is 3. The second-order valence-electron chi connectivity index (χ2n) is 7.60. The van der Waals surface area contributed by atoms with Gasteiger partial charge >= 0.3 is 0 Å². The van der Waals surface area contributed by atoms with Crippen molar-refractivity contribution in [3.63, 3.8) is 0 Å². The summed E-state index contributed by atoms with van der Waals surface area (Å²) >= 11 is 1.43. The lowest BCUT2D eigenvalue weighted by Gasteiger charge is -2.14. The predicted octanol–water partition coefficient (Wildman–Crippen LogP) is 5.79. The van der Waals surface area contributed by atoms with Gasteiger partial charge in [0.15, 0.2) is 11.0 Å². The van der Waals surface area contributed by atoms with Crippen LogP contribution in [-0.4, -0.2) is 27.1 Å². The van der Waals surface area contributed by atoms with Gasteiger partial charge < -0.3 is 4.74 Å². The maximum atomic E-state index is 9.86. The van der Waals surface area contributed by atoms with Gasteiger partial charge in [0, 0.05) is 5.69 Å². The molecular formula is C26H24N4OS. The molecule has 0 radical (unpaired) electrons. The van der Waals surface area contributed by atoms with Crippen molar-refractivity contribution in [3.8, 4) is 28.9 Å². The number of aryl methyl sites for hydroxylation is 2. The van der Waals surface area contributed by atoms with Gasteiger partial charge in [-0.25, -0.2) is 0 Å². The average molecular weight is 441 g/mol. The monoisotopic (exact) mass is 440 g/mol. The van der Waals surface area contributed by atoms with Crippen molar-refractivity contribution in [1.29, 1.82) is 5.26 Å². The van der Waals surface area contributed by atoms with E-state index in [1.165, 1.54) is 22.9 Å². The molecule has 0 aliphatic rings. The molecule has 3 aromatic carbocycles. The maximum Gasteiger partial charge on any atom is 0.197 e. The molecule has 1 unspecified atom stereocenters. The maximum absolute atomic E-state index is 9.86. The summed E-state index contributed by atoms with van der Waals surface area (Å²) in [6, 6.07) is 26.7. The fourth-order valence-corrected chi connectivity index (χ4v) is 4.42. The molecule has 0 N–H and O–H groups in total. The second kappa shape index (κ2) is 9.71. The van der Waals surface area contributed by atoms with E-state index < -0.39 is 0 Å². The summed E-state index contributed by atoms with van der Waals surface area (Å²) in [4.78, 5) is 0. The minimum atomic E-state index is -0.295. The quantitative estimate of drug-likeness (QED) is 0.341. The first kappa shape index (κ1) is 21.7. The SMILES string of the molecule is COc1ccccc1-c1nnc(SC(C#N)Cc2ccc(C)cc2)n1-c1ccc(C)cc1. The lowest BCUT2D eigenvalue weighted by Crippen LogP contribution is -2.07. The number of hydrogen-bond donors (Lipinski definition) is 0. The highest BCUT2D eigenvalue weighted by Gasteiger charge is 2.22. The number of ether oxygens (including phenoxy) is 1. The van der Waals surface area contributed by atoms with Crippen LogP contribution in [0.5, 0.6) is 5.75 Å². The fourth-order valence-electron chi connectivity index (χ4n) is 3.46. The first-order chi connectivity index (χ1) is 15.6. The molecule has 160 valence electrons. The van der Waals surface area contributed by atoms with Crippen LogP contribution in [0.1, 0.15) is 16.7 Å². The van der Waals surface area contributed by atoms with Gasteiger partial charge in [0.05, 0.1) is 18.7 Å². The smallest absolute Gasteiger partial charge is 0.197 e. The lowest BCUT2D eigenvalue weighted by molar-refractivity contribution is 0.416. The van der Waals surface area contributed by atoms with Gasteiger partial charge in [-0.1, -0.05) is 71.4 Å². The van der Waals surface area contributed by atoms with Gasteiger partial charge in [0.25, 0.3) is 0 Å². The fraction of sp³-hybridized carbons (Fsp3) is 0.192. The summed E-state index contributed by atoms with van der Waals surface area (Å²) in [5.74, 6) is 1.40. The highest BCUT2D eigenvalue weighted by Crippen LogP contribution is 2.35. The molecule has 0 saturated heterocycles. The van der Waals surface area contributed by atoms with Gasteiger partial charge in [-0.05, 0) is 50.1 Å². The number of nitrogens with zero attached hydrogens (tertiary/aromatic N) is 4. The summed E-state index contributed by atoms with van der Waals surface area (Å²) in [6.45, 7) is 4.11. The third kappa shape index (κ3) is 4.68. The summed E-state index contributed by atoms with van der Waals surface area (Å²) in [5, 5.41) is 19.2. The lowest BCUT2D eigenvalue weighted by atomic mass is 10.1. The first-order valence-corrected chi connectivity index (χ1v) is 11.2. The number of rotatable bonds is 7. The van der Waals surface area contributed by atoms with Crippen LogP contribution in [-0.2, 0) is 6.42 Å². The van der Waals surface area contributed by atoms with Crippen molar-refractivity contribution in [3.05, 3.63) is 89.5 Å². The molecule has 0 amide bonds. The second-order valence-corrected chi connectivity index (χ2v) is 8.77. The van der Waals surface area contributed by atoms with Crippen LogP contribution in [0.2, 0.25) is 0 Å². The van der Waals surface area contributed by atoms with Crippen molar-refractivity contribution in [2.45, 2.75) is 30.7 Å². The summed E-state index contributed by atoms with van der Waals surface area (Å²) in [6.07, 6.45) is 0.631. The van der Waals surface area contributed by atoms with Crippen molar-refractivity contribution in [1.82, 2.24) is 14.8 Å². The molecule has 1 aromatic heterocycles. The van der Waals surface area contributed by atoms with Crippen molar-refractivity contribution in [2.24, 2.45) is 0 Å². The molecule has 32 heavy (non-hydrogen) atoms. The Bertz CT molecular complexity index is 1240. The van der Waals surface area contributed by atoms with E-state index >= 15 is 0 Å². The van der Waals surface area contributed by atoms with E-state index in [4.69, 9.17) is 4.74 Å². The van der Waals surface area contributed by atoms with E-state index in [0.29, 0.717) is 17.4 Å². The van der Waals surface area contributed by atoms with Gasteiger partial charge in [0.1, 0.15) is 11.0 Å². The number of hydrogen-bond acceptors (Lipinski definition) is 5. The highest BCUT2D eigenvalue weighted by atomic mass is 32.2. The Morgan fingerprint density at radius 1 is 0.938 bits per heavy atom. The van der Waals surface area contributed by atoms with Crippen molar-refractivity contribution in [2.75, 3.05) is 7.11 Å². The first-order valence-electron chi connectivity index (χ1n) is 10.4. The Labute approximate surface area is 192 Å². The molecule has 1 heterocycles.